The van der Waals surface area contributed by atoms with Crippen LogP contribution in [-0.4, -0.2) is 36.4 Å². The van der Waals surface area contributed by atoms with Crippen molar-refractivity contribution in [3.63, 3.8) is 0 Å². The molecule has 0 spiro atoms. The zero-order valence-electron chi connectivity index (χ0n) is 19.8. The Morgan fingerprint density at radius 2 is 1.94 bits per heavy atom. The van der Waals surface area contributed by atoms with Gasteiger partial charge in [0.15, 0.2) is 5.16 Å². The van der Waals surface area contributed by atoms with E-state index in [1.807, 2.05) is 68.5 Å². The summed E-state index contributed by atoms with van der Waals surface area (Å²) in [5.74, 6) is 0.120. The summed E-state index contributed by atoms with van der Waals surface area (Å²) in [5, 5.41) is 22.0. The Morgan fingerprint density at radius 1 is 1.21 bits per heavy atom. The summed E-state index contributed by atoms with van der Waals surface area (Å²) < 4.78 is 3.38. The number of aryl methyl sites for hydroxylation is 2. The fourth-order valence-electron chi connectivity index (χ4n) is 3.71. The molecule has 0 fully saturated rings. The number of para-hydroxylation sites is 1. The summed E-state index contributed by atoms with van der Waals surface area (Å²) in [7, 11) is 0. The monoisotopic (exact) mass is 474 g/mol. The molecule has 4 aromatic rings. The van der Waals surface area contributed by atoms with Gasteiger partial charge < -0.3 is 5.32 Å². The van der Waals surface area contributed by atoms with Gasteiger partial charge in [-0.3, -0.25) is 14.0 Å². The number of carbonyl (C=O) groups is 1. The summed E-state index contributed by atoms with van der Waals surface area (Å²) in [4.78, 5) is 26.2. The maximum atomic E-state index is 13.5. The zero-order chi connectivity index (χ0) is 24.6. The second-order valence-corrected chi connectivity index (χ2v) is 9.81. The van der Waals surface area contributed by atoms with Gasteiger partial charge in [-0.2, -0.15) is 5.26 Å². The number of amides is 1. The van der Waals surface area contributed by atoms with Crippen molar-refractivity contribution in [1.29, 1.82) is 5.26 Å². The van der Waals surface area contributed by atoms with Crippen molar-refractivity contribution in [1.82, 2.24) is 24.5 Å². The molecule has 0 aliphatic heterocycles. The van der Waals surface area contributed by atoms with Gasteiger partial charge in [0.2, 0.25) is 11.7 Å². The third-order valence-electron chi connectivity index (χ3n) is 6.12. The number of aromatic nitrogens is 4. The molecule has 2 aromatic carbocycles. The van der Waals surface area contributed by atoms with Crippen molar-refractivity contribution in [2.75, 3.05) is 5.75 Å². The number of benzene rings is 2. The molecule has 4 rings (SSSR count). The smallest absolute Gasteiger partial charge is 0.267 e. The van der Waals surface area contributed by atoms with Crippen LogP contribution < -0.4 is 10.9 Å². The summed E-state index contributed by atoms with van der Waals surface area (Å²) >= 11 is 1.21. The minimum absolute atomic E-state index is 0.0451. The molecule has 0 radical (unpaired) electrons. The van der Waals surface area contributed by atoms with E-state index in [4.69, 9.17) is 0 Å². The second kappa shape index (κ2) is 8.95. The van der Waals surface area contributed by atoms with E-state index >= 15 is 0 Å². The van der Waals surface area contributed by atoms with Gasteiger partial charge in [-0.1, -0.05) is 49.9 Å². The van der Waals surface area contributed by atoms with Gasteiger partial charge >= 0.3 is 0 Å². The standard InChI is InChI=1S/C25H26N6O2S/c1-15(2)25(5,14-26)27-21(32)13-34-24-29-28-23-30(20-12-16(3)10-11-17(20)4)22(33)18-8-6-7-9-19(18)31(23)24/h6-12,15H,13H2,1-5H3,(H,27,32). The highest BCUT2D eigenvalue weighted by molar-refractivity contribution is 7.99. The molecule has 1 amide bonds. The van der Waals surface area contributed by atoms with E-state index in [9.17, 15) is 14.9 Å². The number of nitriles is 1. The fraction of sp³-hybridized carbons (Fsp3) is 0.320. The molecule has 9 heteroatoms. The van der Waals surface area contributed by atoms with Crippen LogP contribution in [0.2, 0.25) is 0 Å². The van der Waals surface area contributed by atoms with E-state index in [1.54, 1.807) is 17.6 Å². The van der Waals surface area contributed by atoms with Crippen molar-refractivity contribution in [3.8, 4) is 11.8 Å². The molecule has 8 nitrogen and oxygen atoms in total. The molecule has 0 saturated carbocycles. The number of carbonyl (C=O) groups excluding carboxylic acids is 1. The molecular formula is C25H26N6O2S. The predicted octanol–water partition coefficient (Wildman–Crippen LogP) is 3.80. The highest BCUT2D eigenvalue weighted by Crippen LogP contribution is 2.25. The number of nitrogens with zero attached hydrogens (tertiary/aromatic N) is 5. The third-order valence-corrected chi connectivity index (χ3v) is 7.05. The minimum atomic E-state index is -0.958. The average Bonchev–Trinajstić information content (AvgIpc) is 3.23. The van der Waals surface area contributed by atoms with Crippen LogP contribution in [0.3, 0.4) is 0 Å². The average molecular weight is 475 g/mol. The lowest BCUT2D eigenvalue weighted by molar-refractivity contribution is -0.120. The largest absolute Gasteiger partial charge is 0.337 e. The van der Waals surface area contributed by atoms with Crippen molar-refractivity contribution >= 4 is 34.3 Å². The molecule has 174 valence electrons. The first-order valence-corrected chi connectivity index (χ1v) is 12.0. The fourth-order valence-corrected chi connectivity index (χ4v) is 4.45. The van der Waals surface area contributed by atoms with Gasteiger partial charge in [-0.25, -0.2) is 4.57 Å². The van der Waals surface area contributed by atoms with Crippen LogP contribution in [0.4, 0.5) is 0 Å². The highest BCUT2D eigenvalue weighted by Gasteiger charge is 2.30. The number of hydrogen-bond acceptors (Lipinski definition) is 6. The molecule has 1 N–H and O–H groups in total. The normalized spacial score (nSPS) is 13.2. The van der Waals surface area contributed by atoms with Gasteiger partial charge in [-0.15, -0.1) is 10.2 Å². The van der Waals surface area contributed by atoms with Crippen LogP contribution in [0.15, 0.2) is 52.4 Å². The first-order valence-electron chi connectivity index (χ1n) is 11.0. The predicted molar refractivity (Wildman–Crippen MR) is 133 cm³/mol. The van der Waals surface area contributed by atoms with Crippen LogP contribution in [0.5, 0.6) is 0 Å². The molecule has 2 heterocycles. The van der Waals surface area contributed by atoms with E-state index in [1.165, 1.54) is 11.8 Å². The van der Waals surface area contributed by atoms with E-state index in [-0.39, 0.29) is 23.1 Å². The van der Waals surface area contributed by atoms with Crippen LogP contribution in [0.25, 0.3) is 22.4 Å². The van der Waals surface area contributed by atoms with Gasteiger partial charge in [0.1, 0.15) is 5.54 Å². The molecule has 34 heavy (non-hydrogen) atoms. The SMILES string of the molecule is Cc1ccc(C)c(-n2c(=O)c3ccccc3n3c(SCC(=O)NC(C)(C#N)C(C)C)nnc23)c1. The molecule has 0 saturated heterocycles. The molecule has 0 aliphatic carbocycles. The van der Waals surface area contributed by atoms with Crippen molar-refractivity contribution in [3.05, 3.63) is 63.9 Å². The quantitative estimate of drug-likeness (QED) is 0.426. The lowest BCUT2D eigenvalue weighted by Gasteiger charge is -2.27. The van der Waals surface area contributed by atoms with Crippen molar-refractivity contribution in [2.24, 2.45) is 5.92 Å². The number of rotatable bonds is 6. The van der Waals surface area contributed by atoms with Crippen LogP contribution >= 0.6 is 11.8 Å². The highest BCUT2D eigenvalue weighted by atomic mass is 32.2. The van der Waals surface area contributed by atoms with Crippen LogP contribution in [-0.2, 0) is 4.79 Å². The summed E-state index contributed by atoms with van der Waals surface area (Å²) in [5.41, 5.74) is 2.23. The summed E-state index contributed by atoms with van der Waals surface area (Å²) in [6, 6.07) is 15.4. The number of fused-ring (bicyclic) bond motifs is 3. The molecule has 1 atom stereocenters. The lowest BCUT2D eigenvalue weighted by Crippen LogP contribution is -2.49. The Hall–Kier alpha value is -3.64. The van der Waals surface area contributed by atoms with Gasteiger partial charge in [0.25, 0.3) is 5.56 Å². The van der Waals surface area contributed by atoms with Crippen molar-refractivity contribution in [2.45, 2.75) is 45.3 Å². The van der Waals surface area contributed by atoms with Gasteiger partial charge in [0.05, 0.1) is 28.4 Å². The number of nitrogens with one attached hydrogen (secondary N) is 1. The Balaban J connectivity index is 1.82. The van der Waals surface area contributed by atoms with E-state index < -0.39 is 5.54 Å². The molecular weight excluding hydrogens is 448 g/mol. The Morgan fingerprint density at radius 3 is 2.65 bits per heavy atom. The third kappa shape index (κ3) is 4.05. The Bertz CT molecular complexity index is 1510. The number of thioether (sulfide) groups is 1. The number of hydrogen-bond donors (Lipinski definition) is 1. The van der Waals surface area contributed by atoms with Crippen LogP contribution in [0.1, 0.15) is 31.9 Å². The zero-order valence-corrected chi connectivity index (χ0v) is 20.6. The maximum absolute atomic E-state index is 13.5. The first kappa shape index (κ1) is 23.5. The molecule has 0 aliphatic rings. The maximum Gasteiger partial charge on any atom is 0.267 e. The molecule has 0 bridgehead atoms. The lowest BCUT2D eigenvalue weighted by atomic mass is 9.90. The first-order chi connectivity index (χ1) is 16.2. The molecule has 1 unspecified atom stereocenters. The van der Waals surface area contributed by atoms with Gasteiger partial charge in [0, 0.05) is 0 Å². The van der Waals surface area contributed by atoms with Crippen molar-refractivity contribution < 1.29 is 4.79 Å². The van der Waals surface area contributed by atoms with Crippen LogP contribution in [0, 0.1) is 31.1 Å². The minimum Gasteiger partial charge on any atom is -0.337 e. The van der Waals surface area contributed by atoms with Gasteiger partial charge in [-0.05, 0) is 56.0 Å². The van der Waals surface area contributed by atoms with E-state index in [2.05, 4.69) is 21.6 Å². The van der Waals surface area contributed by atoms with E-state index in [0.717, 1.165) is 16.8 Å². The summed E-state index contributed by atoms with van der Waals surface area (Å²) in [6.45, 7) is 9.41. The second-order valence-electron chi connectivity index (χ2n) is 8.87. The topological polar surface area (TPSA) is 105 Å². The molecule has 2 aromatic heterocycles. The Kier molecular flexibility index (Phi) is 6.19. The van der Waals surface area contributed by atoms with E-state index in [0.29, 0.717) is 21.8 Å². The summed E-state index contributed by atoms with van der Waals surface area (Å²) in [6.07, 6.45) is 0. The Labute approximate surface area is 201 Å².